The van der Waals surface area contributed by atoms with E-state index in [9.17, 15) is 5.11 Å². The molecule has 0 atom stereocenters. The summed E-state index contributed by atoms with van der Waals surface area (Å²) in [6.07, 6.45) is 4.41. The van der Waals surface area contributed by atoms with Gasteiger partial charge >= 0.3 is 0 Å². The quantitative estimate of drug-likeness (QED) is 0.898. The number of aryl methyl sites for hydroxylation is 1. The lowest BCUT2D eigenvalue weighted by molar-refractivity contribution is 0.155. The lowest BCUT2D eigenvalue weighted by Gasteiger charge is -2.40. The van der Waals surface area contributed by atoms with Crippen LogP contribution in [0.2, 0.25) is 0 Å². The van der Waals surface area contributed by atoms with Gasteiger partial charge < -0.3 is 10.4 Å². The smallest absolute Gasteiger partial charge is 0.0725 e. The molecule has 112 valence electrons. The molecule has 2 N–H and O–H groups in total. The second kappa shape index (κ2) is 5.64. The van der Waals surface area contributed by atoms with E-state index in [1.807, 2.05) is 25.1 Å². The number of aromatic nitrogens is 1. The van der Waals surface area contributed by atoms with Gasteiger partial charge in [-0.15, -0.1) is 0 Å². The Kier molecular flexibility index (Phi) is 3.85. The molecule has 0 aliphatic heterocycles. The second-order valence-electron chi connectivity index (χ2n) is 6.57. The monoisotopic (exact) mass is 284 g/mol. The van der Waals surface area contributed by atoms with Gasteiger partial charge in [-0.3, -0.25) is 4.98 Å². The Bertz CT molecular complexity index is 630. The lowest BCUT2D eigenvalue weighted by atomic mass is 9.77. The van der Waals surface area contributed by atoms with Crippen molar-refractivity contribution >= 4 is 16.6 Å². The summed E-state index contributed by atoms with van der Waals surface area (Å²) in [4.78, 5) is 4.59. The van der Waals surface area contributed by atoms with Gasteiger partial charge in [0.1, 0.15) is 0 Å². The molecule has 0 saturated heterocycles. The van der Waals surface area contributed by atoms with Crippen molar-refractivity contribution in [1.29, 1.82) is 0 Å². The van der Waals surface area contributed by atoms with Gasteiger partial charge in [-0.1, -0.05) is 25.1 Å². The number of rotatable bonds is 3. The summed E-state index contributed by atoms with van der Waals surface area (Å²) in [6, 6.07) is 10.3. The van der Waals surface area contributed by atoms with Crippen LogP contribution in [-0.2, 0) is 0 Å². The van der Waals surface area contributed by atoms with Crippen LogP contribution in [0.5, 0.6) is 0 Å². The average molecular weight is 284 g/mol. The van der Waals surface area contributed by atoms with Gasteiger partial charge in [0, 0.05) is 16.8 Å². The third kappa shape index (κ3) is 2.88. The molecule has 21 heavy (non-hydrogen) atoms. The van der Waals surface area contributed by atoms with Crippen LogP contribution in [0.15, 0.2) is 30.3 Å². The molecule has 3 rings (SSSR count). The van der Waals surface area contributed by atoms with Gasteiger partial charge in [0.05, 0.1) is 17.7 Å². The van der Waals surface area contributed by atoms with Crippen molar-refractivity contribution < 1.29 is 5.11 Å². The molecule has 3 nitrogen and oxygen atoms in total. The highest BCUT2D eigenvalue weighted by Gasteiger charge is 2.33. The molecule has 1 aromatic carbocycles. The maximum absolute atomic E-state index is 9.95. The Balaban J connectivity index is 1.96. The number of nitrogens with one attached hydrogen (secondary N) is 1. The summed E-state index contributed by atoms with van der Waals surface area (Å²) in [5.41, 5.74) is 2.94. The van der Waals surface area contributed by atoms with Crippen LogP contribution in [0.4, 0.5) is 5.69 Å². The fourth-order valence-electron chi connectivity index (χ4n) is 3.33. The maximum Gasteiger partial charge on any atom is 0.0725 e. The minimum atomic E-state index is -0.178. The Labute approximate surface area is 126 Å². The molecule has 0 amide bonds. The molecule has 0 bridgehead atoms. The second-order valence-corrected chi connectivity index (χ2v) is 6.57. The van der Waals surface area contributed by atoms with Gasteiger partial charge in [0.15, 0.2) is 0 Å². The van der Waals surface area contributed by atoms with Crippen molar-refractivity contribution in [1.82, 2.24) is 4.98 Å². The molecule has 2 aromatic rings. The normalized spacial score (nSPS) is 26.0. The molecule has 0 radical (unpaired) electrons. The highest BCUT2D eigenvalue weighted by atomic mass is 16.3. The van der Waals surface area contributed by atoms with Gasteiger partial charge in [0.25, 0.3) is 0 Å². The van der Waals surface area contributed by atoms with Crippen LogP contribution in [0.25, 0.3) is 10.9 Å². The van der Waals surface area contributed by atoms with E-state index >= 15 is 0 Å². The molecule has 1 heterocycles. The van der Waals surface area contributed by atoms with E-state index in [1.54, 1.807) is 0 Å². The summed E-state index contributed by atoms with van der Waals surface area (Å²) >= 11 is 0. The standard InChI is InChI=1S/C18H24N2O/c1-13-7-9-18(12-21,10-8-13)20-17-11-14(2)19-16-6-4-3-5-15(16)17/h3-6,11,13,21H,7-10,12H2,1-2H3,(H,19,20). The minimum absolute atomic E-state index is 0.178. The summed E-state index contributed by atoms with van der Waals surface area (Å²) in [5, 5.41) is 14.7. The van der Waals surface area contributed by atoms with Crippen molar-refractivity contribution in [3.05, 3.63) is 36.0 Å². The van der Waals surface area contributed by atoms with E-state index < -0.39 is 0 Å². The predicted octanol–water partition coefficient (Wildman–Crippen LogP) is 3.90. The lowest BCUT2D eigenvalue weighted by Crippen LogP contribution is -2.45. The van der Waals surface area contributed by atoms with E-state index in [0.717, 1.165) is 41.0 Å². The van der Waals surface area contributed by atoms with E-state index in [1.165, 1.54) is 12.8 Å². The topological polar surface area (TPSA) is 45.1 Å². The van der Waals surface area contributed by atoms with E-state index in [-0.39, 0.29) is 12.1 Å². The number of nitrogens with zero attached hydrogens (tertiary/aromatic N) is 1. The third-order valence-electron chi connectivity index (χ3n) is 4.78. The highest BCUT2D eigenvalue weighted by Crippen LogP contribution is 2.36. The largest absolute Gasteiger partial charge is 0.394 e. The van der Waals surface area contributed by atoms with Crippen molar-refractivity contribution in [2.75, 3.05) is 11.9 Å². The van der Waals surface area contributed by atoms with Crippen LogP contribution in [0.1, 0.15) is 38.3 Å². The Hall–Kier alpha value is -1.61. The van der Waals surface area contributed by atoms with Crippen molar-refractivity contribution in [2.24, 2.45) is 5.92 Å². The molecule has 1 aliphatic carbocycles. The molecule has 0 spiro atoms. The van der Waals surface area contributed by atoms with Crippen LogP contribution in [0, 0.1) is 12.8 Å². The van der Waals surface area contributed by atoms with Gasteiger partial charge in [0.2, 0.25) is 0 Å². The molecule has 3 heteroatoms. The van der Waals surface area contributed by atoms with Crippen LogP contribution < -0.4 is 5.32 Å². The summed E-state index contributed by atoms with van der Waals surface area (Å²) < 4.78 is 0. The number of hydrogen-bond donors (Lipinski definition) is 2. The fourth-order valence-corrected chi connectivity index (χ4v) is 3.33. The molecule has 1 aromatic heterocycles. The number of anilines is 1. The first-order valence-corrected chi connectivity index (χ1v) is 7.87. The SMILES string of the molecule is Cc1cc(NC2(CO)CCC(C)CC2)c2ccccc2n1. The van der Waals surface area contributed by atoms with Crippen LogP contribution in [0.3, 0.4) is 0 Å². The minimum Gasteiger partial charge on any atom is -0.394 e. The summed E-state index contributed by atoms with van der Waals surface area (Å²) in [7, 11) is 0. The average Bonchev–Trinajstić information content (AvgIpc) is 2.50. The number of para-hydroxylation sites is 1. The summed E-state index contributed by atoms with van der Waals surface area (Å²) in [5.74, 6) is 0.766. The summed E-state index contributed by atoms with van der Waals surface area (Å²) in [6.45, 7) is 4.51. The molecular formula is C18H24N2O. The van der Waals surface area contributed by atoms with Gasteiger partial charge in [-0.05, 0) is 50.7 Å². The van der Waals surface area contributed by atoms with Crippen molar-refractivity contribution in [2.45, 2.75) is 45.1 Å². The molecular weight excluding hydrogens is 260 g/mol. The first-order chi connectivity index (χ1) is 10.1. The number of pyridine rings is 1. The zero-order valence-electron chi connectivity index (χ0n) is 12.9. The molecule has 1 saturated carbocycles. The number of fused-ring (bicyclic) bond motifs is 1. The number of aliphatic hydroxyl groups is 1. The Morgan fingerprint density at radius 2 is 2.00 bits per heavy atom. The highest BCUT2D eigenvalue weighted by molar-refractivity contribution is 5.91. The number of aliphatic hydroxyl groups excluding tert-OH is 1. The first-order valence-electron chi connectivity index (χ1n) is 7.87. The van der Waals surface area contributed by atoms with E-state index in [4.69, 9.17) is 0 Å². The zero-order chi connectivity index (χ0) is 14.9. The molecule has 0 unspecified atom stereocenters. The van der Waals surface area contributed by atoms with Crippen LogP contribution in [-0.4, -0.2) is 22.2 Å². The Morgan fingerprint density at radius 3 is 2.71 bits per heavy atom. The van der Waals surface area contributed by atoms with E-state index in [2.05, 4.69) is 29.4 Å². The predicted molar refractivity (Wildman–Crippen MR) is 87.6 cm³/mol. The number of hydrogen-bond acceptors (Lipinski definition) is 3. The van der Waals surface area contributed by atoms with Crippen molar-refractivity contribution in [3.63, 3.8) is 0 Å². The third-order valence-corrected chi connectivity index (χ3v) is 4.78. The van der Waals surface area contributed by atoms with Gasteiger partial charge in [-0.25, -0.2) is 0 Å². The molecule has 1 fully saturated rings. The maximum atomic E-state index is 9.95. The van der Waals surface area contributed by atoms with Crippen molar-refractivity contribution in [3.8, 4) is 0 Å². The Morgan fingerprint density at radius 1 is 1.29 bits per heavy atom. The zero-order valence-corrected chi connectivity index (χ0v) is 12.9. The van der Waals surface area contributed by atoms with Crippen LogP contribution >= 0.6 is 0 Å². The fraction of sp³-hybridized carbons (Fsp3) is 0.500. The number of benzene rings is 1. The molecule has 1 aliphatic rings. The first kappa shape index (κ1) is 14.3. The van der Waals surface area contributed by atoms with E-state index in [0.29, 0.717) is 0 Å². The van der Waals surface area contributed by atoms with Gasteiger partial charge in [-0.2, -0.15) is 0 Å².